The van der Waals surface area contributed by atoms with Gasteiger partial charge in [0.05, 0.1) is 5.69 Å². The van der Waals surface area contributed by atoms with Crippen molar-refractivity contribution in [3.63, 3.8) is 0 Å². The maximum atomic E-state index is 13.4. The molecule has 1 aromatic carbocycles. The summed E-state index contributed by atoms with van der Waals surface area (Å²) < 4.78 is 39.7. The number of hydrogen-bond acceptors (Lipinski definition) is 2. The van der Waals surface area contributed by atoms with Crippen LogP contribution in [-0.2, 0) is 0 Å². The first kappa shape index (κ1) is 10.8. The molecule has 0 bridgehead atoms. The Kier molecular flexibility index (Phi) is 2.51. The lowest BCUT2D eigenvalue weighted by atomic mass is 10.1. The number of aromatic amines is 1. The maximum Gasteiger partial charge on any atom is 0.181 e. The molecule has 2 rings (SSSR count). The lowest BCUT2D eigenvalue weighted by Gasteiger charge is -2.03. The molecule has 0 saturated carbocycles. The number of halogens is 4. The minimum Gasteiger partial charge on any atom is -0.382 e. The van der Waals surface area contributed by atoms with Crippen LogP contribution in [0, 0.1) is 17.5 Å². The Balaban J connectivity index is 2.66. The van der Waals surface area contributed by atoms with Crippen LogP contribution in [0.25, 0.3) is 11.3 Å². The number of hydrogen-bond donors (Lipinski definition) is 2. The van der Waals surface area contributed by atoms with E-state index >= 15 is 0 Å². The van der Waals surface area contributed by atoms with Crippen molar-refractivity contribution in [2.24, 2.45) is 0 Å². The fraction of sp³-hybridized carbons (Fsp3) is 0. The lowest BCUT2D eigenvalue weighted by Crippen LogP contribution is -1.94. The van der Waals surface area contributed by atoms with E-state index in [1.165, 1.54) is 6.07 Å². The van der Waals surface area contributed by atoms with E-state index in [4.69, 9.17) is 17.3 Å². The highest BCUT2D eigenvalue weighted by Gasteiger charge is 2.19. The number of nitrogens with one attached hydrogen (secondary N) is 1. The Morgan fingerprint density at radius 3 is 2.44 bits per heavy atom. The molecule has 0 radical (unpaired) electrons. The molecular formula is C9H5ClF3N3. The maximum absolute atomic E-state index is 13.4. The van der Waals surface area contributed by atoms with E-state index in [2.05, 4.69) is 10.2 Å². The fourth-order valence-corrected chi connectivity index (χ4v) is 1.38. The monoisotopic (exact) mass is 247 g/mol. The lowest BCUT2D eigenvalue weighted by molar-refractivity contribution is 0.498. The minimum atomic E-state index is -1.44. The van der Waals surface area contributed by atoms with Gasteiger partial charge in [-0.25, -0.2) is 13.2 Å². The van der Waals surface area contributed by atoms with Crippen LogP contribution in [0.3, 0.4) is 0 Å². The average molecular weight is 248 g/mol. The van der Waals surface area contributed by atoms with Crippen LogP contribution in [0.1, 0.15) is 0 Å². The van der Waals surface area contributed by atoms with Gasteiger partial charge in [-0.1, -0.05) is 11.6 Å². The predicted molar refractivity (Wildman–Crippen MR) is 53.3 cm³/mol. The molecule has 16 heavy (non-hydrogen) atoms. The summed E-state index contributed by atoms with van der Waals surface area (Å²) >= 11 is 5.21. The Labute approximate surface area is 93.0 Å². The van der Waals surface area contributed by atoms with E-state index in [1.54, 1.807) is 0 Å². The molecule has 0 unspecified atom stereocenters. The molecule has 0 aliphatic heterocycles. The molecule has 0 atom stereocenters. The third kappa shape index (κ3) is 1.61. The molecule has 2 aromatic rings. The second-order valence-corrected chi connectivity index (χ2v) is 3.43. The van der Waals surface area contributed by atoms with Gasteiger partial charge in [0.1, 0.15) is 16.7 Å². The summed E-state index contributed by atoms with van der Waals surface area (Å²) in [6, 6.07) is 2.03. The summed E-state index contributed by atoms with van der Waals surface area (Å²) in [4.78, 5) is 0. The highest BCUT2D eigenvalue weighted by molar-refractivity contribution is 6.31. The summed E-state index contributed by atoms with van der Waals surface area (Å²) in [7, 11) is 0. The number of H-pyrrole nitrogens is 1. The molecule has 0 aliphatic rings. The van der Waals surface area contributed by atoms with Crippen molar-refractivity contribution in [2.75, 3.05) is 5.73 Å². The molecule has 7 heteroatoms. The van der Waals surface area contributed by atoms with Crippen LogP contribution in [0.2, 0.25) is 5.02 Å². The summed E-state index contributed by atoms with van der Waals surface area (Å²) in [5, 5.41) is 4.99. The van der Waals surface area contributed by atoms with Crippen molar-refractivity contribution >= 4 is 17.4 Å². The zero-order valence-corrected chi connectivity index (χ0v) is 8.45. The Morgan fingerprint density at radius 2 is 1.88 bits per heavy atom. The van der Waals surface area contributed by atoms with Crippen molar-refractivity contribution < 1.29 is 13.2 Å². The molecule has 3 nitrogen and oxygen atoms in total. The number of nitrogens with two attached hydrogens (primary N) is 1. The standard InChI is InChI=1S/C9H5ClF3N3/c10-7-4(11)1-3(8(12)9(7)13)5-2-6(14)16-15-5/h1-2H,(H3,14,15,16). The zero-order valence-electron chi connectivity index (χ0n) is 7.69. The first-order valence-electron chi connectivity index (χ1n) is 4.15. The molecular weight excluding hydrogens is 243 g/mol. The van der Waals surface area contributed by atoms with Gasteiger partial charge in [0, 0.05) is 11.6 Å². The topological polar surface area (TPSA) is 54.7 Å². The van der Waals surface area contributed by atoms with Gasteiger partial charge in [0.25, 0.3) is 0 Å². The average Bonchev–Trinajstić information content (AvgIpc) is 2.67. The van der Waals surface area contributed by atoms with Gasteiger partial charge in [0.15, 0.2) is 11.6 Å². The molecule has 0 fully saturated rings. The number of benzene rings is 1. The van der Waals surface area contributed by atoms with Gasteiger partial charge in [-0.3, -0.25) is 5.10 Å². The summed E-state index contributed by atoms with van der Waals surface area (Å²) in [6.45, 7) is 0. The first-order valence-corrected chi connectivity index (χ1v) is 4.52. The first-order chi connectivity index (χ1) is 7.50. The van der Waals surface area contributed by atoms with Crippen LogP contribution in [0.4, 0.5) is 19.0 Å². The largest absolute Gasteiger partial charge is 0.382 e. The van der Waals surface area contributed by atoms with Gasteiger partial charge < -0.3 is 5.73 Å². The van der Waals surface area contributed by atoms with Crippen LogP contribution < -0.4 is 5.73 Å². The van der Waals surface area contributed by atoms with Gasteiger partial charge in [-0.15, -0.1) is 0 Å². The number of aromatic nitrogens is 2. The molecule has 84 valence electrons. The van der Waals surface area contributed by atoms with Crippen LogP contribution >= 0.6 is 11.6 Å². The molecule has 0 saturated heterocycles. The summed E-state index contributed by atoms with van der Waals surface area (Å²) in [5.74, 6) is -3.66. The van der Waals surface area contributed by atoms with Crippen molar-refractivity contribution in [2.45, 2.75) is 0 Å². The molecule has 0 aliphatic carbocycles. The number of nitrogens with zero attached hydrogens (tertiary/aromatic N) is 1. The molecule has 0 amide bonds. The third-order valence-electron chi connectivity index (χ3n) is 1.99. The highest BCUT2D eigenvalue weighted by Crippen LogP contribution is 2.30. The van der Waals surface area contributed by atoms with E-state index in [0.29, 0.717) is 0 Å². The Morgan fingerprint density at radius 1 is 1.19 bits per heavy atom. The van der Waals surface area contributed by atoms with E-state index in [0.717, 1.165) is 6.07 Å². The molecule has 1 aromatic heterocycles. The van der Waals surface area contributed by atoms with Crippen molar-refractivity contribution in [1.29, 1.82) is 0 Å². The van der Waals surface area contributed by atoms with E-state index < -0.39 is 22.5 Å². The highest BCUT2D eigenvalue weighted by atomic mass is 35.5. The van der Waals surface area contributed by atoms with Gasteiger partial charge in [-0.05, 0) is 6.07 Å². The van der Waals surface area contributed by atoms with Gasteiger partial charge in [-0.2, -0.15) is 5.10 Å². The molecule has 3 N–H and O–H groups in total. The SMILES string of the molecule is Nc1cc(-c2cc(F)c(Cl)c(F)c2F)[nH]n1. The van der Waals surface area contributed by atoms with Crippen LogP contribution in [0.5, 0.6) is 0 Å². The summed E-state index contributed by atoms with van der Waals surface area (Å²) in [6.07, 6.45) is 0. The van der Waals surface area contributed by atoms with Crippen molar-refractivity contribution in [3.05, 3.63) is 34.6 Å². The van der Waals surface area contributed by atoms with E-state index in [9.17, 15) is 13.2 Å². The fourth-order valence-electron chi connectivity index (χ4n) is 1.24. The number of nitrogen functional groups attached to an aromatic ring is 1. The second kappa shape index (κ2) is 3.71. The Bertz CT molecular complexity index is 553. The van der Waals surface area contributed by atoms with E-state index in [1.807, 2.05) is 0 Å². The minimum absolute atomic E-state index is 0.0736. The quantitative estimate of drug-likeness (QED) is 0.601. The Hall–Kier alpha value is -1.69. The van der Waals surface area contributed by atoms with Crippen LogP contribution in [0.15, 0.2) is 12.1 Å². The smallest absolute Gasteiger partial charge is 0.181 e. The normalized spacial score (nSPS) is 10.8. The molecule has 1 heterocycles. The zero-order chi connectivity index (χ0) is 11.9. The second-order valence-electron chi connectivity index (χ2n) is 3.05. The number of rotatable bonds is 1. The van der Waals surface area contributed by atoms with E-state index in [-0.39, 0.29) is 17.1 Å². The van der Waals surface area contributed by atoms with Crippen molar-refractivity contribution in [1.82, 2.24) is 10.2 Å². The van der Waals surface area contributed by atoms with Gasteiger partial charge in [0.2, 0.25) is 0 Å². The van der Waals surface area contributed by atoms with Crippen molar-refractivity contribution in [3.8, 4) is 11.3 Å². The third-order valence-corrected chi connectivity index (χ3v) is 2.34. The van der Waals surface area contributed by atoms with Crippen LogP contribution in [-0.4, -0.2) is 10.2 Å². The predicted octanol–water partition coefficient (Wildman–Crippen LogP) is 2.73. The summed E-state index contributed by atoms with van der Waals surface area (Å²) in [5.41, 5.74) is 5.05. The molecule has 0 spiro atoms. The number of anilines is 1. The van der Waals surface area contributed by atoms with Gasteiger partial charge >= 0.3 is 0 Å².